The van der Waals surface area contributed by atoms with Crippen molar-refractivity contribution in [3.63, 3.8) is 0 Å². The van der Waals surface area contributed by atoms with E-state index >= 15 is 0 Å². The minimum atomic E-state index is -0.966. The molecule has 0 aliphatic carbocycles. The third-order valence-electron chi connectivity index (χ3n) is 6.67. The summed E-state index contributed by atoms with van der Waals surface area (Å²) in [4.78, 5) is 42.8. The summed E-state index contributed by atoms with van der Waals surface area (Å²) in [6.07, 6.45) is 6.48. The summed E-state index contributed by atoms with van der Waals surface area (Å²) in [5.74, 6) is 1.02. The monoisotopic (exact) mass is 548 g/mol. The normalized spacial score (nSPS) is 16.0. The standard InChI is InChI=1S/C30H26Cl2N2O4/c1-3-20-7-16-26-25(18-20)29(37)34(19(2)21-8-12-23(31)13-9-21)28(22-10-14-24(32)15-11-22)30(38)33(26)17-5-4-6-27(35)36/h1,7-16,18-19,28H,4-6,17H2,2H3,(H,35,36)/t19-,28+/m1/s1. The van der Waals surface area contributed by atoms with Gasteiger partial charge in [-0.15, -0.1) is 6.42 Å². The Morgan fingerprint density at radius 1 is 1.00 bits per heavy atom. The van der Waals surface area contributed by atoms with Gasteiger partial charge in [0.15, 0.2) is 0 Å². The number of fused-ring (bicyclic) bond motifs is 1. The summed E-state index contributed by atoms with van der Waals surface area (Å²) >= 11 is 12.3. The lowest BCUT2D eigenvalue weighted by molar-refractivity contribution is -0.137. The molecule has 0 saturated carbocycles. The van der Waals surface area contributed by atoms with E-state index in [0.29, 0.717) is 45.3 Å². The van der Waals surface area contributed by atoms with Gasteiger partial charge in [-0.3, -0.25) is 14.4 Å². The van der Waals surface area contributed by atoms with Crippen LogP contribution in [0.2, 0.25) is 10.0 Å². The zero-order valence-corrected chi connectivity index (χ0v) is 22.2. The number of amides is 2. The molecule has 0 unspecified atom stereocenters. The first-order valence-electron chi connectivity index (χ1n) is 12.2. The minimum Gasteiger partial charge on any atom is -0.481 e. The highest BCUT2D eigenvalue weighted by atomic mass is 35.5. The summed E-state index contributed by atoms with van der Waals surface area (Å²) in [5, 5.41) is 10.1. The molecule has 1 aliphatic heterocycles. The van der Waals surface area contributed by atoms with Gasteiger partial charge in [0.25, 0.3) is 11.8 Å². The Morgan fingerprint density at radius 2 is 1.63 bits per heavy atom. The molecule has 2 atom stereocenters. The maximum Gasteiger partial charge on any atom is 0.303 e. The van der Waals surface area contributed by atoms with Crippen LogP contribution in [0.25, 0.3) is 0 Å². The number of carboxylic acids is 1. The number of carboxylic acid groups (broad SMARTS) is 1. The van der Waals surface area contributed by atoms with Crippen LogP contribution in [0.1, 0.15) is 65.3 Å². The second kappa shape index (κ2) is 11.7. The minimum absolute atomic E-state index is 0.00973. The number of carbonyl (C=O) groups is 3. The molecule has 1 heterocycles. The average Bonchev–Trinajstić information content (AvgIpc) is 2.99. The van der Waals surface area contributed by atoms with Crippen LogP contribution in [0.3, 0.4) is 0 Å². The molecule has 3 aromatic carbocycles. The predicted molar refractivity (Wildman–Crippen MR) is 148 cm³/mol. The van der Waals surface area contributed by atoms with Crippen LogP contribution in [0.4, 0.5) is 5.69 Å². The van der Waals surface area contributed by atoms with E-state index in [9.17, 15) is 14.4 Å². The summed E-state index contributed by atoms with van der Waals surface area (Å²) in [6.45, 7) is 2.11. The molecule has 1 N–H and O–H groups in total. The molecule has 0 spiro atoms. The lowest BCUT2D eigenvalue weighted by atomic mass is 9.98. The van der Waals surface area contributed by atoms with Crippen molar-refractivity contribution in [2.45, 2.75) is 38.3 Å². The summed E-state index contributed by atoms with van der Waals surface area (Å²) < 4.78 is 0. The molecule has 0 aromatic heterocycles. The summed E-state index contributed by atoms with van der Waals surface area (Å²) in [7, 11) is 0. The fourth-order valence-electron chi connectivity index (χ4n) is 4.70. The second-order valence-electron chi connectivity index (χ2n) is 9.11. The molecule has 0 bridgehead atoms. The third-order valence-corrected chi connectivity index (χ3v) is 7.18. The van der Waals surface area contributed by atoms with E-state index in [4.69, 9.17) is 34.7 Å². The average molecular weight is 549 g/mol. The lowest BCUT2D eigenvalue weighted by Crippen LogP contribution is -2.44. The van der Waals surface area contributed by atoms with E-state index in [0.717, 1.165) is 5.56 Å². The number of hydrogen-bond acceptors (Lipinski definition) is 3. The van der Waals surface area contributed by atoms with Crippen molar-refractivity contribution in [3.05, 3.63) is 99.0 Å². The van der Waals surface area contributed by atoms with Crippen molar-refractivity contribution in [3.8, 4) is 12.3 Å². The first kappa shape index (κ1) is 27.3. The molecular formula is C30H26Cl2N2O4. The van der Waals surface area contributed by atoms with Crippen molar-refractivity contribution in [2.75, 3.05) is 11.4 Å². The van der Waals surface area contributed by atoms with Gasteiger partial charge in [-0.2, -0.15) is 0 Å². The number of anilines is 1. The maximum absolute atomic E-state index is 14.3. The summed E-state index contributed by atoms with van der Waals surface area (Å²) in [6, 6.07) is 17.5. The maximum atomic E-state index is 14.3. The van der Waals surface area contributed by atoms with Gasteiger partial charge < -0.3 is 14.9 Å². The van der Waals surface area contributed by atoms with Gasteiger partial charge in [0.1, 0.15) is 6.04 Å². The van der Waals surface area contributed by atoms with Crippen LogP contribution < -0.4 is 4.90 Å². The molecule has 6 nitrogen and oxygen atoms in total. The van der Waals surface area contributed by atoms with Gasteiger partial charge in [-0.1, -0.05) is 53.4 Å². The third kappa shape index (κ3) is 5.70. The van der Waals surface area contributed by atoms with E-state index in [-0.39, 0.29) is 24.8 Å². The highest BCUT2D eigenvalue weighted by Gasteiger charge is 2.42. The Bertz CT molecular complexity index is 1400. The van der Waals surface area contributed by atoms with E-state index < -0.39 is 18.1 Å². The van der Waals surface area contributed by atoms with Crippen molar-refractivity contribution in [1.29, 1.82) is 0 Å². The number of carbonyl (C=O) groups excluding carboxylic acids is 2. The largest absolute Gasteiger partial charge is 0.481 e. The van der Waals surface area contributed by atoms with Gasteiger partial charge in [0.2, 0.25) is 0 Å². The SMILES string of the molecule is C#Cc1ccc2c(c1)C(=O)N([C@H](C)c1ccc(Cl)cc1)[C@@H](c1ccc(Cl)cc1)C(=O)N2CCCCC(=O)O. The Hall–Kier alpha value is -3.79. The van der Waals surface area contributed by atoms with Crippen LogP contribution in [0, 0.1) is 12.3 Å². The molecule has 0 saturated heterocycles. The molecule has 0 fully saturated rings. The zero-order chi connectivity index (χ0) is 27.4. The number of nitrogens with zero attached hydrogens (tertiary/aromatic N) is 2. The number of halogens is 2. The first-order chi connectivity index (χ1) is 18.2. The quantitative estimate of drug-likeness (QED) is 0.256. The van der Waals surface area contributed by atoms with Gasteiger partial charge in [0, 0.05) is 28.6 Å². The van der Waals surface area contributed by atoms with Crippen LogP contribution in [-0.4, -0.2) is 34.3 Å². The molecule has 2 amide bonds. The van der Waals surface area contributed by atoms with Crippen molar-refractivity contribution >= 4 is 46.7 Å². The highest BCUT2D eigenvalue weighted by molar-refractivity contribution is 6.30. The number of hydrogen-bond donors (Lipinski definition) is 1. The number of terminal acetylenes is 1. The van der Waals surface area contributed by atoms with E-state index in [1.165, 1.54) is 0 Å². The molecule has 3 aromatic rings. The number of rotatable bonds is 8. The molecular weight excluding hydrogens is 523 g/mol. The van der Waals surface area contributed by atoms with Gasteiger partial charge in [-0.05, 0) is 73.4 Å². The first-order valence-corrected chi connectivity index (χ1v) is 12.9. The van der Waals surface area contributed by atoms with Crippen molar-refractivity contribution in [1.82, 2.24) is 4.90 Å². The fourth-order valence-corrected chi connectivity index (χ4v) is 4.95. The van der Waals surface area contributed by atoms with Crippen LogP contribution >= 0.6 is 23.2 Å². The molecule has 0 radical (unpaired) electrons. The van der Waals surface area contributed by atoms with E-state index in [1.54, 1.807) is 64.4 Å². The van der Waals surface area contributed by atoms with Crippen molar-refractivity contribution in [2.24, 2.45) is 0 Å². The van der Waals surface area contributed by atoms with Crippen LogP contribution in [-0.2, 0) is 9.59 Å². The molecule has 4 rings (SSSR count). The molecule has 194 valence electrons. The molecule has 1 aliphatic rings. The van der Waals surface area contributed by atoms with Gasteiger partial charge >= 0.3 is 5.97 Å². The van der Waals surface area contributed by atoms with Crippen LogP contribution in [0.15, 0.2) is 66.7 Å². The number of unbranched alkanes of at least 4 members (excludes halogenated alkanes) is 1. The highest BCUT2D eigenvalue weighted by Crippen LogP contribution is 2.40. The zero-order valence-electron chi connectivity index (χ0n) is 20.7. The fraction of sp³-hybridized carbons (Fsp3) is 0.233. The Balaban J connectivity index is 1.88. The Kier molecular flexibility index (Phi) is 8.41. The lowest BCUT2D eigenvalue weighted by Gasteiger charge is -2.36. The Morgan fingerprint density at radius 3 is 2.24 bits per heavy atom. The van der Waals surface area contributed by atoms with Gasteiger partial charge in [-0.25, -0.2) is 0 Å². The van der Waals surface area contributed by atoms with Crippen molar-refractivity contribution < 1.29 is 19.5 Å². The van der Waals surface area contributed by atoms with Gasteiger partial charge in [0.05, 0.1) is 17.3 Å². The Labute approximate surface area is 231 Å². The summed E-state index contributed by atoms with van der Waals surface area (Å²) in [5.41, 5.74) is 2.68. The molecule has 8 heteroatoms. The van der Waals surface area contributed by atoms with Crippen LogP contribution in [0.5, 0.6) is 0 Å². The number of aliphatic carboxylic acids is 1. The second-order valence-corrected chi connectivity index (χ2v) is 9.98. The topological polar surface area (TPSA) is 77.9 Å². The van der Waals surface area contributed by atoms with E-state index in [2.05, 4.69) is 5.92 Å². The predicted octanol–water partition coefficient (Wildman–Crippen LogP) is 6.52. The smallest absolute Gasteiger partial charge is 0.303 e. The molecule has 38 heavy (non-hydrogen) atoms. The van der Waals surface area contributed by atoms with E-state index in [1.807, 2.05) is 19.1 Å². The number of benzene rings is 3.